The number of rotatable bonds is 3. The Kier molecular flexibility index (Phi) is 3.66. The van der Waals surface area contributed by atoms with E-state index in [1.807, 2.05) is 6.92 Å². The number of hydrogen-bond acceptors (Lipinski definition) is 1. The number of hydrogen-bond donors (Lipinski definition) is 1. The number of benzene rings is 2. The van der Waals surface area contributed by atoms with Crippen molar-refractivity contribution in [2.45, 2.75) is 18.8 Å². The Labute approximate surface area is 137 Å². The Bertz CT molecular complexity index is 775. The molecule has 0 aromatic heterocycles. The van der Waals surface area contributed by atoms with Gasteiger partial charge in [0.1, 0.15) is 5.82 Å². The van der Waals surface area contributed by atoms with Crippen LogP contribution in [0.25, 0.3) is 11.1 Å². The van der Waals surface area contributed by atoms with E-state index in [2.05, 4.69) is 0 Å². The molecule has 0 heterocycles. The van der Waals surface area contributed by atoms with E-state index in [-0.39, 0.29) is 5.92 Å². The lowest BCUT2D eigenvalue weighted by atomic mass is 9.91. The first-order chi connectivity index (χ1) is 10.4. The minimum atomic E-state index is -0.947. The molecule has 0 saturated heterocycles. The van der Waals surface area contributed by atoms with Gasteiger partial charge in [-0.1, -0.05) is 48.3 Å². The summed E-state index contributed by atoms with van der Waals surface area (Å²) in [6, 6.07) is 9.47. The molecule has 0 aliphatic heterocycles. The first-order valence-electron chi connectivity index (χ1n) is 6.85. The summed E-state index contributed by atoms with van der Waals surface area (Å²) < 4.78 is 14.4. The second kappa shape index (κ2) is 5.25. The van der Waals surface area contributed by atoms with Gasteiger partial charge in [-0.05, 0) is 41.7 Å². The number of carbonyl (C=O) groups is 1. The Balaban J connectivity index is 2.03. The molecule has 0 bridgehead atoms. The summed E-state index contributed by atoms with van der Waals surface area (Å²) in [6.45, 7) is 1.86. The molecule has 1 N–H and O–H groups in total. The zero-order valence-corrected chi connectivity index (χ0v) is 13.2. The number of halogens is 3. The van der Waals surface area contributed by atoms with Crippen LogP contribution >= 0.6 is 23.2 Å². The first kappa shape index (κ1) is 15.3. The van der Waals surface area contributed by atoms with E-state index in [4.69, 9.17) is 23.2 Å². The van der Waals surface area contributed by atoms with Crippen LogP contribution in [-0.4, -0.2) is 11.1 Å². The smallest absolute Gasteiger partial charge is 0.314 e. The van der Waals surface area contributed by atoms with Gasteiger partial charge < -0.3 is 5.11 Å². The second-order valence-electron chi connectivity index (χ2n) is 5.71. The highest BCUT2D eigenvalue weighted by Crippen LogP contribution is 2.54. The highest BCUT2D eigenvalue weighted by molar-refractivity contribution is 6.42. The highest BCUT2D eigenvalue weighted by Gasteiger charge is 2.59. The monoisotopic (exact) mass is 338 g/mol. The summed E-state index contributed by atoms with van der Waals surface area (Å²) in [7, 11) is 0. The van der Waals surface area contributed by atoms with Crippen molar-refractivity contribution < 1.29 is 14.3 Å². The standard InChI is InChI=1S/C17H13Cl2FO2/c1-9-8-17(9,16(21)22)11-3-4-12(15(20)7-11)10-2-5-13(18)14(19)6-10/h2-7,9H,8H2,1H3,(H,21,22)/t9-,17+/m0/s1. The maximum Gasteiger partial charge on any atom is 0.314 e. The summed E-state index contributed by atoms with van der Waals surface area (Å²) >= 11 is 11.8. The minimum absolute atomic E-state index is 0.0141. The molecule has 5 heteroatoms. The van der Waals surface area contributed by atoms with Crippen molar-refractivity contribution in [1.29, 1.82) is 0 Å². The molecular weight excluding hydrogens is 326 g/mol. The molecule has 0 radical (unpaired) electrons. The van der Waals surface area contributed by atoms with E-state index in [1.54, 1.807) is 30.3 Å². The van der Waals surface area contributed by atoms with Gasteiger partial charge in [-0.15, -0.1) is 0 Å². The van der Waals surface area contributed by atoms with Crippen molar-refractivity contribution in [1.82, 2.24) is 0 Å². The van der Waals surface area contributed by atoms with E-state index < -0.39 is 17.2 Å². The minimum Gasteiger partial charge on any atom is -0.481 e. The molecule has 2 aromatic carbocycles. The van der Waals surface area contributed by atoms with Gasteiger partial charge in [0.15, 0.2) is 0 Å². The third-order valence-electron chi connectivity index (χ3n) is 4.41. The molecule has 2 aromatic rings. The lowest BCUT2D eigenvalue weighted by Crippen LogP contribution is -2.22. The molecule has 1 aliphatic rings. The topological polar surface area (TPSA) is 37.3 Å². The van der Waals surface area contributed by atoms with Crippen molar-refractivity contribution in [3.05, 3.63) is 57.8 Å². The summed E-state index contributed by atoms with van der Waals surface area (Å²) in [4.78, 5) is 11.5. The summed E-state index contributed by atoms with van der Waals surface area (Å²) in [5, 5.41) is 10.2. The van der Waals surface area contributed by atoms with Crippen LogP contribution in [0.1, 0.15) is 18.9 Å². The molecule has 2 atom stereocenters. The van der Waals surface area contributed by atoms with E-state index >= 15 is 0 Å². The summed E-state index contributed by atoms with van der Waals surface area (Å²) in [5.74, 6) is -1.35. The molecule has 1 aliphatic carbocycles. The Morgan fingerprint density at radius 2 is 1.91 bits per heavy atom. The third kappa shape index (κ3) is 2.29. The fourth-order valence-corrected chi connectivity index (χ4v) is 3.24. The van der Waals surface area contributed by atoms with Crippen LogP contribution < -0.4 is 0 Å². The van der Waals surface area contributed by atoms with Crippen LogP contribution in [0.2, 0.25) is 10.0 Å². The number of carboxylic acid groups (broad SMARTS) is 1. The molecule has 22 heavy (non-hydrogen) atoms. The summed E-state index contributed by atoms with van der Waals surface area (Å²) in [6.07, 6.45) is 0.536. The van der Waals surface area contributed by atoms with Crippen LogP contribution in [-0.2, 0) is 10.2 Å². The van der Waals surface area contributed by atoms with Gasteiger partial charge in [0.25, 0.3) is 0 Å². The average molecular weight is 339 g/mol. The SMILES string of the molecule is C[C@H]1C[C@]1(C(=O)O)c1ccc(-c2ccc(Cl)c(Cl)c2)c(F)c1. The molecule has 0 spiro atoms. The normalized spacial score (nSPS) is 23.4. The van der Waals surface area contributed by atoms with E-state index in [0.29, 0.717) is 33.2 Å². The maximum absolute atomic E-state index is 14.4. The quantitative estimate of drug-likeness (QED) is 0.838. The van der Waals surface area contributed by atoms with Crippen LogP contribution in [0.5, 0.6) is 0 Å². The van der Waals surface area contributed by atoms with Crippen LogP contribution in [0.4, 0.5) is 4.39 Å². The Morgan fingerprint density at radius 3 is 2.41 bits per heavy atom. The molecule has 1 saturated carbocycles. The van der Waals surface area contributed by atoms with Crippen molar-refractivity contribution in [2.24, 2.45) is 5.92 Å². The van der Waals surface area contributed by atoms with Gasteiger partial charge in [0, 0.05) is 5.56 Å². The fourth-order valence-electron chi connectivity index (χ4n) is 2.94. The largest absolute Gasteiger partial charge is 0.481 e. The van der Waals surface area contributed by atoms with E-state index in [9.17, 15) is 14.3 Å². The van der Waals surface area contributed by atoms with Crippen LogP contribution in [0, 0.1) is 11.7 Å². The van der Waals surface area contributed by atoms with Crippen molar-refractivity contribution in [2.75, 3.05) is 0 Å². The summed E-state index contributed by atoms with van der Waals surface area (Å²) in [5.41, 5.74) is 0.536. The molecule has 0 unspecified atom stereocenters. The molecule has 0 amide bonds. The average Bonchev–Trinajstić information content (AvgIpc) is 3.15. The number of carboxylic acids is 1. The second-order valence-corrected chi connectivity index (χ2v) is 6.52. The molecule has 114 valence electrons. The Morgan fingerprint density at radius 1 is 1.23 bits per heavy atom. The number of aliphatic carboxylic acids is 1. The van der Waals surface area contributed by atoms with Crippen LogP contribution in [0.3, 0.4) is 0 Å². The van der Waals surface area contributed by atoms with Gasteiger partial charge >= 0.3 is 5.97 Å². The van der Waals surface area contributed by atoms with Gasteiger partial charge in [-0.25, -0.2) is 4.39 Å². The van der Waals surface area contributed by atoms with Gasteiger partial charge in [-0.2, -0.15) is 0 Å². The van der Waals surface area contributed by atoms with Gasteiger partial charge in [-0.3, -0.25) is 4.79 Å². The maximum atomic E-state index is 14.4. The van der Waals surface area contributed by atoms with E-state index in [1.165, 1.54) is 6.07 Å². The van der Waals surface area contributed by atoms with Crippen LogP contribution in [0.15, 0.2) is 36.4 Å². The lowest BCUT2D eigenvalue weighted by molar-refractivity contribution is -0.140. The van der Waals surface area contributed by atoms with Gasteiger partial charge in [0.2, 0.25) is 0 Å². The van der Waals surface area contributed by atoms with Crippen molar-refractivity contribution in [3.8, 4) is 11.1 Å². The van der Waals surface area contributed by atoms with E-state index in [0.717, 1.165) is 0 Å². The van der Waals surface area contributed by atoms with Crippen molar-refractivity contribution in [3.63, 3.8) is 0 Å². The predicted octanol–water partition coefficient (Wildman–Crippen LogP) is 5.16. The molecule has 3 rings (SSSR count). The van der Waals surface area contributed by atoms with Crippen molar-refractivity contribution >= 4 is 29.2 Å². The molecular formula is C17H13Cl2FO2. The third-order valence-corrected chi connectivity index (χ3v) is 5.14. The highest BCUT2D eigenvalue weighted by atomic mass is 35.5. The fraction of sp³-hybridized carbons (Fsp3) is 0.235. The molecule has 1 fully saturated rings. The first-order valence-corrected chi connectivity index (χ1v) is 7.60. The lowest BCUT2D eigenvalue weighted by Gasteiger charge is -2.13. The Hall–Kier alpha value is -1.58. The molecule has 2 nitrogen and oxygen atoms in total. The zero-order valence-electron chi connectivity index (χ0n) is 11.7. The van der Waals surface area contributed by atoms with Gasteiger partial charge in [0.05, 0.1) is 15.5 Å². The predicted molar refractivity (Wildman–Crippen MR) is 85.0 cm³/mol. The zero-order chi connectivity index (χ0) is 16.1.